The van der Waals surface area contributed by atoms with Crippen LogP contribution in [0.25, 0.3) is 0 Å². The molecule has 148 valence electrons. The minimum absolute atomic E-state index is 0.000380. The van der Waals surface area contributed by atoms with Crippen LogP contribution in [0, 0.1) is 33.3 Å². The van der Waals surface area contributed by atoms with Crippen molar-refractivity contribution >= 4 is 23.3 Å². The molecule has 4 aliphatic carbocycles. The second kappa shape index (κ2) is 7.08. The summed E-state index contributed by atoms with van der Waals surface area (Å²) in [5.74, 6) is 2.20. The molecule has 8 heteroatoms. The summed E-state index contributed by atoms with van der Waals surface area (Å²) >= 11 is 5.81. The number of aryl methyl sites for hydroxylation is 1. The molecule has 1 unspecified atom stereocenters. The molecule has 1 aromatic heterocycles. The highest BCUT2D eigenvalue weighted by Gasteiger charge is 2.53. The molecule has 0 radical (unpaired) electrons. The minimum atomic E-state index is -0.612. The van der Waals surface area contributed by atoms with E-state index in [9.17, 15) is 14.9 Å². The normalized spacial score (nSPS) is 32.4. The molecular weight excluding hydrogens is 368 g/mol. The molecule has 0 spiro atoms. The third-order valence-corrected chi connectivity index (χ3v) is 7.27. The van der Waals surface area contributed by atoms with E-state index in [4.69, 9.17) is 11.6 Å². The number of halogens is 1. The van der Waals surface area contributed by atoms with Gasteiger partial charge in [0.2, 0.25) is 5.91 Å². The summed E-state index contributed by atoms with van der Waals surface area (Å²) in [5, 5.41) is 18.0. The number of nitrogens with one attached hydrogen (secondary N) is 1. The third kappa shape index (κ3) is 3.58. The average molecular weight is 395 g/mol. The summed E-state index contributed by atoms with van der Waals surface area (Å²) in [6.45, 7) is 2.46. The van der Waals surface area contributed by atoms with Crippen LogP contribution in [0.2, 0.25) is 5.02 Å². The number of aromatic nitrogens is 2. The van der Waals surface area contributed by atoms with E-state index in [0.717, 1.165) is 24.2 Å². The monoisotopic (exact) mass is 394 g/mol. The first-order valence-electron chi connectivity index (χ1n) is 10.0. The van der Waals surface area contributed by atoms with E-state index in [2.05, 4.69) is 17.3 Å². The Labute approximate surface area is 164 Å². The zero-order valence-corrected chi connectivity index (χ0v) is 16.5. The maximum Gasteiger partial charge on any atom is 0.408 e. The van der Waals surface area contributed by atoms with Gasteiger partial charge in [-0.05, 0) is 73.0 Å². The number of hydrogen-bond acceptors (Lipinski definition) is 4. The molecule has 1 amide bonds. The van der Waals surface area contributed by atoms with Crippen molar-refractivity contribution in [1.82, 2.24) is 15.1 Å². The van der Waals surface area contributed by atoms with Gasteiger partial charge in [-0.3, -0.25) is 4.79 Å². The number of nitro groups is 1. The predicted molar refractivity (Wildman–Crippen MR) is 101 cm³/mol. The number of carbonyl (C=O) groups is 1. The molecule has 7 nitrogen and oxygen atoms in total. The van der Waals surface area contributed by atoms with Crippen molar-refractivity contribution in [3.63, 3.8) is 0 Å². The molecule has 27 heavy (non-hydrogen) atoms. The highest BCUT2D eigenvalue weighted by molar-refractivity contribution is 6.32. The van der Waals surface area contributed by atoms with Crippen LogP contribution in [0.5, 0.6) is 0 Å². The van der Waals surface area contributed by atoms with Gasteiger partial charge in [0.25, 0.3) is 0 Å². The molecule has 0 saturated heterocycles. The lowest BCUT2D eigenvalue weighted by molar-refractivity contribution is -0.389. The molecule has 5 rings (SSSR count). The average Bonchev–Trinajstić information content (AvgIpc) is 2.97. The molecular formula is C19H27ClN4O3. The minimum Gasteiger partial charge on any atom is -0.358 e. The smallest absolute Gasteiger partial charge is 0.358 e. The highest BCUT2D eigenvalue weighted by atomic mass is 35.5. The highest BCUT2D eigenvalue weighted by Crippen LogP contribution is 2.61. The van der Waals surface area contributed by atoms with Crippen molar-refractivity contribution < 1.29 is 9.72 Å². The van der Waals surface area contributed by atoms with Gasteiger partial charge in [-0.15, -0.1) is 0 Å². The van der Waals surface area contributed by atoms with Crippen LogP contribution in [-0.4, -0.2) is 26.7 Å². The number of nitrogens with zero attached hydrogens (tertiary/aromatic N) is 3. The lowest BCUT2D eigenvalue weighted by Gasteiger charge is -2.59. The Balaban J connectivity index is 1.37. The molecule has 1 N–H and O–H groups in total. The second-order valence-corrected chi connectivity index (χ2v) is 9.29. The summed E-state index contributed by atoms with van der Waals surface area (Å²) in [4.78, 5) is 22.8. The number of hydrogen-bond donors (Lipinski definition) is 1. The molecule has 0 aliphatic heterocycles. The van der Waals surface area contributed by atoms with Crippen LogP contribution in [-0.2, 0) is 11.3 Å². The summed E-state index contributed by atoms with van der Waals surface area (Å²) in [6.07, 6.45) is 10.6. The van der Waals surface area contributed by atoms with Crippen molar-refractivity contribution in [2.45, 2.75) is 70.9 Å². The zero-order valence-electron chi connectivity index (χ0n) is 15.7. The molecule has 4 fully saturated rings. The fraction of sp³-hybridized carbons (Fsp3) is 0.789. The van der Waals surface area contributed by atoms with Crippen LogP contribution in [0.1, 0.15) is 58.3 Å². The molecule has 1 aromatic rings. The van der Waals surface area contributed by atoms with Gasteiger partial charge in [-0.25, -0.2) is 0 Å². The van der Waals surface area contributed by atoms with E-state index in [1.54, 1.807) is 0 Å². The predicted octanol–water partition coefficient (Wildman–Crippen LogP) is 3.95. The fourth-order valence-electron chi connectivity index (χ4n) is 6.40. The standard InChI is InChI=1S/C19H27ClN4O3/c1-2-16(19-8-12-5-13(9-19)7-14(6-12)10-19)21-17(25)3-4-23-11-15(20)18(22-23)24(26)27/h11-14,16H,2-10H2,1H3,(H,21,25). The van der Waals surface area contributed by atoms with E-state index in [-0.39, 0.29) is 41.2 Å². The summed E-state index contributed by atoms with van der Waals surface area (Å²) in [6, 6.07) is 0.231. The lowest BCUT2D eigenvalue weighted by Crippen LogP contribution is -2.56. The van der Waals surface area contributed by atoms with Crippen LogP contribution in [0.4, 0.5) is 5.82 Å². The third-order valence-electron chi connectivity index (χ3n) is 7.01. The summed E-state index contributed by atoms with van der Waals surface area (Å²) in [5.41, 5.74) is 0.285. The number of carbonyl (C=O) groups excluding carboxylic acids is 1. The van der Waals surface area contributed by atoms with Gasteiger partial charge in [-0.1, -0.05) is 18.5 Å². The van der Waals surface area contributed by atoms with Gasteiger partial charge < -0.3 is 15.4 Å². The largest absolute Gasteiger partial charge is 0.408 e. The Kier molecular flexibility index (Phi) is 4.91. The molecule has 1 heterocycles. The van der Waals surface area contributed by atoms with Gasteiger partial charge in [0.1, 0.15) is 0 Å². The second-order valence-electron chi connectivity index (χ2n) is 8.88. The first-order chi connectivity index (χ1) is 12.9. The first kappa shape index (κ1) is 18.7. The maximum atomic E-state index is 12.6. The maximum absolute atomic E-state index is 12.6. The van der Waals surface area contributed by atoms with Crippen molar-refractivity contribution in [3.8, 4) is 0 Å². The first-order valence-corrected chi connectivity index (χ1v) is 10.4. The van der Waals surface area contributed by atoms with Crippen molar-refractivity contribution in [3.05, 3.63) is 21.3 Å². The van der Waals surface area contributed by atoms with Gasteiger partial charge >= 0.3 is 5.82 Å². The van der Waals surface area contributed by atoms with Crippen LogP contribution >= 0.6 is 11.6 Å². The number of rotatable bonds is 7. The van der Waals surface area contributed by atoms with Crippen LogP contribution < -0.4 is 5.32 Å². The Bertz CT molecular complexity index is 712. The molecule has 1 atom stereocenters. The fourth-order valence-corrected chi connectivity index (χ4v) is 6.62. The Morgan fingerprint density at radius 3 is 2.44 bits per heavy atom. The van der Waals surface area contributed by atoms with E-state index in [1.807, 2.05) is 0 Å². The molecule has 4 saturated carbocycles. The van der Waals surface area contributed by atoms with Crippen LogP contribution in [0.3, 0.4) is 0 Å². The van der Waals surface area contributed by atoms with E-state index < -0.39 is 4.92 Å². The van der Waals surface area contributed by atoms with E-state index in [0.29, 0.717) is 0 Å². The lowest BCUT2D eigenvalue weighted by atomic mass is 9.47. The topological polar surface area (TPSA) is 90.1 Å². The zero-order chi connectivity index (χ0) is 19.2. The van der Waals surface area contributed by atoms with Gasteiger partial charge in [0.15, 0.2) is 5.02 Å². The molecule has 4 aliphatic rings. The van der Waals surface area contributed by atoms with Gasteiger partial charge in [-0.2, -0.15) is 4.68 Å². The van der Waals surface area contributed by atoms with E-state index >= 15 is 0 Å². The number of amides is 1. The van der Waals surface area contributed by atoms with Gasteiger partial charge in [0, 0.05) is 12.5 Å². The van der Waals surface area contributed by atoms with Crippen molar-refractivity contribution in [2.24, 2.45) is 23.2 Å². The van der Waals surface area contributed by atoms with Crippen molar-refractivity contribution in [2.75, 3.05) is 0 Å². The van der Waals surface area contributed by atoms with Gasteiger partial charge in [0.05, 0.1) is 17.8 Å². The molecule has 0 aromatic carbocycles. The Hall–Kier alpha value is -1.63. The SMILES string of the molecule is CCC(NC(=O)CCn1cc(Cl)c([N+](=O)[O-])n1)C12CC3CC(CC(C3)C1)C2. The van der Waals surface area contributed by atoms with Crippen molar-refractivity contribution in [1.29, 1.82) is 0 Å². The van der Waals surface area contributed by atoms with E-state index in [1.165, 1.54) is 49.4 Å². The quantitative estimate of drug-likeness (QED) is 0.560. The summed E-state index contributed by atoms with van der Waals surface area (Å²) in [7, 11) is 0. The van der Waals surface area contributed by atoms with Crippen LogP contribution in [0.15, 0.2) is 6.20 Å². The Morgan fingerprint density at radius 2 is 1.96 bits per heavy atom. The Morgan fingerprint density at radius 1 is 1.37 bits per heavy atom. The summed E-state index contributed by atoms with van der Waals surface area (Å²) < 4.78 is 1.38. The molecule has 4 bridgehead atoms.